The number of nitrogen functional groups attached to an aromatic ring is 1. The smallest absolute Gasteiger partial charge is 0.240 e. The van der Waals surface area contributed by atoms with Gasteiger partial charge in [0.2, 0.25) is 16.0 Å². The number of anilines is 2. The van der Waals surface area contributed by atoms with Gasteiger partial charge < -0.3 is 20.5 Å². The molecule has 1 heterocycles. The molecule has 176 valence electrons. The van der Waals surface area contributed by atoms with Crippen LogP contribution >= 0.6 is 0 Å². The van der Waals surface area contributed by atoms with Crippen LogP contribution in [-0.2, 0) is 10.0 Å². The van der Waals surface area contributed by atoms with Gasteiger partial charge in [0, 0.05) is 24.5 Å². The van der Waals surface area contributed by atoms with Crippen molar-refractivity contribution in [2.45, 2.75) is 4.90 Å². The van der Waals surface area contributed by atoms with Crippen molar-refractivity contribution in [1.82, 2.24) is 14.7 Å². The predicted octanol–water partition coefficient (Wildman–Crippen LogP) is 3.29. The molecule has 9 nitrogen and oxygen atoms in total. The van der Waals surface area contributed by atoms with Crippen LogP contribution in [0.2, 0.25) is 0 Å². The molecule has 0 atom stereocenters. The molecule has 0 aliphatic carbocycles. The van der Waals surface area contributed by atoms with Crippen LogP contribution < -0.4 is 25.2 Å². The Balaban J connectivity index is 1.39. The molecular formula is C24H25N5O4S. The molecule has 0 aliphatic heterocycles. The second-order valence-electron chi connectivity index (χ2n) is 7.37. The van der Waals surface area contributed by atoms with Gasteiger partial charge in [-0.2, -0.15) is 4.98 Å². The van der Waals surface area contributed by atoms with E-state index in [4.69, 9.17) is 15.2 Å². The van der Waals surface area contributed by atoms with Crippen molar-refractivity contribution < 1.29 is 17.9 Å². The number of sulfonamides is 1. The number of methoxy groups -OCH3 is 2. The van der Waals surface area contributed by atoms with Crippen LogP contribution in [0.5, 0.6) is 11.5 Å². The molecule has 0 bridgehead atoms. The lowest BCUT2D eigenvalue weighted by Gasteiger charge is -2.12. The summed E-state index contributed by atoms with van der Waals surface area (Å²) in [6.45, 7) is 0.398. The summed E-state index contributed by atoms with van der Waals surface area (Å²) in [5.41, 5.74) is 8.62. The number of benzene rings is 3. The highest BCUT2D eigenvalue weighted by Crippen LogP contribution is 2.33. The molecule has 4 rings (SSSR count). The number of ether oxygens (including phenoxy) is 2. The molecule has 0 spiro atoms. The highest BCUT2D eigenvalue weighted by atomic mass is 32.2. The van der Waals surface area contributed by atoms with Crippen molar-refractivity contribution in [3.05, 3.63) is 66.7 Å². The van der Waals surface area contributed by atoms with Crippen LogP contribution in [-0.4, -0.2) is 45.7 Å². The number of rotatable bonds is 9. The lowest BCUT2D eigenvalue weighted by Crippen LogP contribution is -2.29. The van der Waals surface area contributed by atoms with Gasteiger partial charge in [0.05, 0.1) is 24.6 Å². The fourth-order valence-corrected chi connectivity index (χ4v) is 4.49. The number of nitrogens with one attached hydrogen (secondary N) is 2. The first-order valence-corrected chi connectivity index (χ1v) is 12.0. The van der Waals surface area contributed by atoms with E-state index in [0.717, 1.165) is 11.1 Å². The first kappa shape index (κ1) is 23.3. The van der Waals surface area contributed by atoms with Crippen LogP contribution in [0.1, 0.15) is 0 Å². The van der Waals surface area contributed by atoms with E-state index in [1.807, 2.05) is 30.3 Å². The first-order valence-electron chi connectivity index (χ1n) is 10.5. The van der Waals surface area contributed by atoms with E-state index in [1.165, 1.54) is 14.2 Å². The zero-order valence-electron chi connectivity index (χ0n) is 18.8. The maximum atomic E-state index is 12.6. The normalized spacial score (nSPS) is 11.4. The highest BCUT2D eigenvalue weighted by Gasteiger charge is 2.14. The van der Waals surface area contributed by atoms with Gasteiger partial charge in [0.25, 0.3) is 0 Å². The van der Waals surface area contributed by atoms with E-state index in [2.05, 4.69) is 20.0 Å². The lowest BCUT2D eigenvalue weighted by atomic mass is 10.1. The van der Waals surface area contributed by atoms with E-state index in [1.54, 1.807) is 36.4 Å². The van der Waals surface area contributed by atoms with Gasteiger partial charge in [-0.05, 0) is 29.3 Å². The zero-order valence-corrected chi connectivity index (χ0v) is 19.6. The van der Waals surface area contributed by atoms with Crippen molar-refractivity contribution >= 4 is 32.7 Å². The number of fused-ring (bicyclic) bond motifs is 1. The Morgan fingerprint density at radius 1 is 0.853 bits per heavy atom. The van der Waals surface area contributed by atoms with Crippen LogP contribution in [0.15, 0.2) is 71.6 Å². The second kappa shape index (κ2) is 9.94. The summed E-state index contributed by atoms with van der Waals surface area (Å²) < 4.78 is 38.4. The molecule has 1 aromatic heterocycles. The minimum atomic E-state index is -3.66. The predicted molar refractivity (Wildman–Crippen MR) is 133 cm³/mol. The summed E-state index contributed by atoms with van der Waals surface area (Å²) in [5.74, 6) is 1.60. The van der Waals surface area contributed by atoms with Gasteiger partial charge in [0.1, 0.15) is 5.82 Å². The van der Waals surface area contributed by atoms with Crippen molar-refractivity contribution in [1.29, 1.82) is 0 Å². The molecule has 34 heavy (non-hydrogen) atoms. The SMILES string of the molecule is COc1cc2nc(NCCNS(=O)(=O)c3ccc(-c4ccccc4)cc3)nc(N)c2cc1OC. The number of aromatic nitrogens is 2. The Labute approximate surface area is 198 Å². The third-order valence-corrected chi connectivity index (χ3v) is 6.68. The van der Waals surface area contributed by atoms with Gasteiger partial charge in [-0.25, -0.2) is 18.1 Å². The third-order valence-electron chi connectivity index (χ3n) is 5.20. The van der Waals surface area contributed by atoms with Crippen molar-refractivity contribution in [2.24, 2.45) is 0 Å². The minimum Gasteiger partial charge on any atom is -0.493 e. The molecule has 0 saturated carbocycles. The Hall–Kier alpha value is -3.89. The molecule has 0 radical (unpaired) electrons. The van der Waals surface area contributed by atoms with Gasteiger partial charge in [-0.1, -0.05) is 42.5 Å². The molecule has 0 fully saturated rings. The maximum Gasteiger partial charge on any atom is 0.240 e. The molecular weight excluding hydrogens is 454 g/mol. The minimum absolute atomic E-state index is 0.135. The Morgan fingerprint density at radius 3 is 2.18 bits per heavy atom. The van der Waals surface area contributed by atoms with E-state index in [9.17, 15) is 8.42 Å². The van der Waals surface area contributed by atoms with E-state index in [0.29, 0.717) is 22.4 Å². The van der Waals surface area contributed by atoms with Gasteiger partial charge in [-0.15, -0.1) is 0 Å². The largest absolute Gasteiger partial charge is 0.493 e. The molecule has 3 aromatic carbocycles. The summed E-state index contributed by atoms with van der Waals surface area (Å²) >= 11 is 0. The summed E-state index contributed by atoms with van der Waals surface area (Å²) in [6, 6.07) is 19.9. The van der Waals surface area contributed by atoms with Crippen molar-refractivity contribution in [3.8, 4) is 22.6 Å². The molecule has 0 amide bonds. The van der Waals surface area contributed by atoms with Crippen LogP contribution in [0.4, 0.5) is 11.8 Å². The number of nitrogens with zero attached hydrogens (tertiary/aromatic N) is 2. The van der Waals surface area contributed by atoms with Gasteiger partial charge in [0.15, 0.2) is 11.5 Å². The summed E-state index contributed by atoms with van der Waals surface area (Å²) in [7, 11) is -0.586. The Bertz CT molecular complexity index is 1390. The van der Waals surface area contributed by atoms with E-state index >= 15 is 0 Å². The van der Waals surface area contributed by atoms with Crippen LogP contribution in [0, 0.1) is 0 Å². The number of nitrogens with two attached hydrogens (primary N) is 1. The monoisotopic (exact) mass is 479 g/mol. The maximum absolute atomic E-state index is 12.6. The quantitative estimate of drug-likeness (QED) is 0.312. The standard InChI is InChI=1S/C24H25N5O4S/c1-32-21-14-19-20(15-22(21)33-2)28-24(29-23(19)25)26-12-13-27-34(30,31)18-10-8-17(9-11-18)16-6-4-3-5-7-16/h3-11,14-15,27H,12-13H2,1-2H3,(H3,25,26,28,29). The summed E-state index contributed by atoms with van der Waals surface area (Å²) in [4.78, 5) is 8.87. The summed E-state index contributed by atoms with van der Waals surface area (Å²) in [6.07, 6.45) is 0. The van der Waals surface area contributed by atoms with E-state index < -0.39 is 10.0 Å². The molecule has 0 aliphatic rings. The molecule has 4 N–H and O–H groups in total. The van der Waals surface area contributed by atoms with Gasteiger partial charge in [-0.3, -0.25) is 0 Å². The third kappa shape index (κ3) is 5.03. The average molecular weight is 480 g/mol. The fourth-order valence-electron chi connectivity index (χ4n) is 3.46. The highest BCUT2D eigenvalue weighted by molar-refractivity contribution is 7.89. The molecule has 10 heteroatoms. The second-order valence-corrected chi connectivity index (χ2v) is 9.14. The van der Waals surface area contributed by atoms with Crippen molar-refractivity contribution in [3.63, 3.8) is 0 Å². The summed E-state index contributed by atoms with van der Waals surface area (Å²) in [5, 5.41) is 3.62. The van der Waals surface area contributed by atoms with Crippen LogP contribution in [0.25, 0.3) is 22.0 Å². The zero-order chi connectivity index (χ0) is 24.1. The first-order chi connectivity index (χ1) is 16.4. The van der Waals surface area contributed by atoms with Crippen molar-refractivity contribution in [2.75, 3.05) is 38.4 Å². The lowest BCUT2D eigenvalue weighted by molar-refractivity contribution is 0.356. The topological polar surface area (TPSA) is 128 Å². The molecule has 0 unspecified atom stereocenters. The number of hydrogen-bond donors (Lipinski definition) is 3. The molecule has 0 saturated heterocycles. The Kier molecular flexibility index (Phi) is 6.80. The molecule has 4 aromatic rings. The number of hydrogen-bond acceptors (Lipinski definition) is 8. The van der Waals surface area contributed by atoms with Gasteiger partial charge >= 0.3 is 0 Å². The Morgan fingerprint density at radius 2 is 1.50 bits per heavy atom. The average Bonchev–Trinajstić information content (AvgIpc) is 2.86. The van der Waals surface area contributed by atoms with Crippen LogP contribution in [0.3, 0.4) is 0 Å². The fraction of sp³-hybridized carbons (Fsp3) is 0.167. The van der Waals surface area contributed by atoms with E-state index in [-0.39, 0.29) is 29.8 Å².